The van der Waals surface area contributed by atoms with Crippen LogP contribution in [-0.4, -0.2) is 25.3 Å². The summed E-state index contributed by atoms with van der Waals surface area (Å²) in [7, 11) is 0. The summed E-state index contributed by atoms with van der Waals surface area (Å²) in [6, 6.07) is 3.67. The van der Waals surface area contributed by atoms with Crippen molar-refractivity contribution >= 4 is 28.1 Å². The van der Waals surface area contributed by atoms with Crippen molar-refractivity contribution < 1.29 is 14.3 Å². The first-order valence-electron chi connectivity index (χ1n) is 7.18. The zero-order valence-electron chi connectivity index (χ0n) is 12.5. The highest BCUT2D eigenvalue weighted by Gasteiger charge is 2.29. The molecule has 0 spiro atoms. The van der Waals surface area contributed by atoms with Crippen LogP contribution < -0.4 is 14.9 Å². The molecule has 1 amide bonds. The molecule has 5 nitrogen and oxygen atoms in total. The van der Waals surface area contributed by atoms with Crippen molar-refractivity contribution in [2.24, 2.45) is 11.0 Å². The molecule has 0 atom stereocenters. The fraction of sp³-hybridized carbons (Fsp3) is 0.375. The molecule has 0 unspecified atom stereocenters. The highest BCUT2D eigenvalue weighted by molar-refractivity contribution is 9.10. The summed E-state index contributed by atoms with van der Waals surface area (Å²) < 4.78 is 12.0. The van der Waals surface area contributed by atoms with Crippen molar-refractivity contribution in [2.45, 2.75) is 19.8 Å². The normalized spacial score (nSPS) is 13.9. The zero-order chi connectivity index (χ0) is 15.9. The molecular weight excluding hydrogens is 348 g/mol. The van der Waals surface area contributed by atoms with Crippen LogP contribution in [0.3, 0.4) is 0 Å². The van der Waals surface area contributed by atoms with Crippen LogP contribution in [-0.2, 0) is 4.79 Å². The van der Waals surface area contributed by atoms with Gasteiger partial charge in [-0.3, -0.25) is 4.79 Å². The molecule has 1 fully saturated rings. The maximum atomic E-state index is 11.5. The van der Waals surface area contributed by atoms with Crippen molar-refractivity contribution in [2.75, 3.05) is 13.2 Å². The van der Waals surface area contributed by atoms with Crippen molar-refractivity contribution in [1.29, 1.82) is 0 Å². The predicted octanol–water partition coefficient (Wildman–Crippen LogP) is 3.27. The van der Waals surface area contributed by atoms with Gasteiger partial charge in [0.1, 0.15) is 6.61 Å². The number of halogens is 1. The van der Waals surface area contributed by atoms with Crippen molar-refractivity contribution in [3.63, 3.8) is 0 Å². The molecule has 1 aromatic rings. The fourth-order valence-electron chi connectivity index (χ4n) is 1.81. The maximum absolute atomic E-state index is 11.5. The lowest BCUT2D eigenvalue weighted by Crippen LogP contribution is -2.18. The Morgan fingerprint density at radius 3 is 2.91 bits per heavy atom. The third-order valence-corrected chi connectivity index (χ3v) is 3.60. The average molecular weight is 367 g/mol. The Bertz CT molecular complexity index is 583. The molecule has 0 aromatic heterocycles. The number of hydrazone groups is 1. The Morgan fingerprint density at radius 1 is 1.50 bits per heavy atom. The number of carbonyl (C=O) groups is 1. The minimum absolute atomic E-state index is 0.0220. The molecule has 2 rings (SSSR count). The van der Waals surface area contributed by atoms with E-state index in [1.54, 1.807) is 12.3 Å². The van der Waals surface area contributed by atoms with Crippen LogP contribution in [0.1, 0.15) is 25.3 Å². The number of carbonyl (C=O) groups excluding carboxylic acids is 1. The number of hydrogen-bond acceptors (Lipinski definition) is 4. The Kier molecular flexibility index (Phi) is 6.00. The van der Waals surface area contributed by atoms with Crippen molar-refractivity contribution in [3.05, 3.63) is 34.8 Å². The van der Waals surface area contributed by atoms with E-state index in [2.05, 4.69) is 33.0 Å². The molecule has 0 aliphatic heterocycles. The maximum Gasteiger partial charge on any atom is 0.243 e. The number of hydrogen-bond donors (Lipinski definition) is 1. The SMILES string of the molecule is C=CCOc1c(Br)cc(/C=N\NC(=O)C2CC2)cc1OCC. The minimum Gasteiger partial charge on any atom is -0.490 e. The molecule has 1 saturated carbocycles. The van der Waals surface area contributed by atoms with E-state index in [0.717, 1.165) is 22.9 Å². The summed E-state index contributed by atoms with van der Waals surface area (Å²) in [6.45, 7) is 6.45. The molecule has 118 valence electrons. The number of benzene rings is 1. The Labute approximate surface area is 138 Å². The molecule has 22 heavy (non-hydrogen) atoms. The van der Waals surface area contributed by atoms with Crippen LogP contribution >= 0.6 is 15.9 Å². The van der Waals surface area contributed by atoms with Gasteiger partial charge in [0.15, 0.2) is 11.5 Å². The van der Waals surface area contributed by atoms with Gasteiger partial charge in [0.25, 0.3) is 0 Å². The van der Waals surface area contributed by atoms with Crippen LogP contribution in [0.5, 0.6) is 11.5 Å². The number of nitrogens with one attached hydrogen (secondary N) is 1. The van der Waals surface area contributed by atoms with Crippen LogP contribution in [0.15, 0.2) is 34.4 Å². The lowest BCUT2D eigenvalue weighted by molar-refractivity contribution is -0.122. The third kappa shape index (κ3) is 4.59. The second kappa shape index (κ2) is 7.98. The van der Waals surface area contributed by atoms with Crippen LogP contribution in [0.2, 0.25) is 0 Å². The Hall–Kier alpha value is -1.82. The first-order chi connectivity index (χ1) is 10.7. The summed E-state index contributed by atoms with van der Waals surface area (Å²) in [4.78, 5) is 11.5. The van der Waals surface area contributed by atoms with Gasteiger partial charge in [-0.15, -0.1) is 0 Å². The smallest absolute Gasteiger partial charge is 0.243 e. The minimum atomic E-state index is -0.0220. The molecule has 0 saturated heterocycles. The van der Waals surface area contributed by atoms with Crippen LogP contribution in [0.25, 0.3) is 0 Å². The quantitative estimate of drug-likeness (QED) is 0.436. The summed E-state index contributed by atoms with van der Waals surface area (Å²) in [5.74, 6) is 1.36. The number of amides is 1. The van der Waals surface area contributed by atoms with Crippen molar-refractivity contribution in [1.82, 2.24) is 5.43 Å². The zero-order valence-corrected chi connectivity index (χ0v) is 14.1. The molecule has 1 aromatic carbocycles. The summed E-state index contributed by atoms with van der Waals surface area (Å²) >= 11 is 3.46. The van der Waals surface area contributed by atoms with Gasteiger partial charge in [0, 0.05) is 5.92 Å². The van der Waals surface area contributed by atoms with Gasteiger partial charge in [-0.05, 0) is 53.4 Å². The third-order valence-electron chi connectivity index (χ3n) is 3.01. The van der Waals surface area contributed by atoms with E-state index in [1.165, 1.54) is 0 Å². The van der Waals surface area contributed by atoms with E-state index >= 15 is 0 Å². The first kappa shape index (κ1) is 16.5. The fourth-order valence-corrected chi connectivity index (χ4v) is 2.39. The molecule has 1 aliphatic carbocycles. The molecule has 1 N–H and O–H groups in total. The largest absolute Gasteiger partial charge is 0.490 e. The summed E-state index contributed by atoms with van der Waals surface area (Å²) in [5, 5.41) is 3.98. The molecule has 0 radical (unpaired) electrons. The topological polar surface area (TPSA) is 59.9 Å². The van der Waals surface area contributed by atoms with Gasteiger partial charge < -0.3 is 9.47 Å². The lowest BCUT2D eigenvalue weighted by Gasteiger charge is -2.13. The Balaban J connectivity index is 2.11. The van der Waals surface area contributed by atoms with E-state index < -0.39 is 0 Å². The highest BCUT2D eigenvalue weighted by atomic mass is 79.9. The van der Waals surface area contributed by atoms with E-state index in [-0.39, 0.29) is 11.8 Å². The van der Waals surface area contributed by atoms with Gasteiger partial charge in [0.05, 0.1) is 17.3 Å². The molecule has 0 bridgehead atoms. The van der Waals surface area contributed by atoms with Gasteiger partial charge >= 0.3 is 0 Å². The number of rotatable bonds is 8. The Morgan fingerprint density at radius 2 is 2.27 bits per heavy atom. The summed E-state index contributed by atoms with van der Waals surface area (Å²) in [6.07, 6.45) is 5.17. The molecule has 1 aliphatic rings. The molecule has 6 heteroatoms. The van der Waals surface area contributed by atoms with Crippen molar-refractivity contribution in [3.8, 4) is 11.5 Å². The van der Waals surface area contributed by atoms with E-state index in [0.29, 0.717) is 24.7 Å². The summed E-state index contributed by atoms with van der Waals surface area (Å²) in [5.41, 5.74) is 3.35. The molecular formula is C16H19BrN2O3. The second-order valence-corrected chi connectivity index (χ2v) is 5.73. The van der Waals surface area contributed by atoms with E-state index in [4.69, 9.17) is 9.47 Å². The van der Waals surface area contributed by atoms with Gasteiger partial charge in [0.2, 0.25) is 5.91 Å². The van der Waals surface area contributed by atoms with E-state index in [9.17, 15) is 4.79 Å². The number of ether oxygens (including phenoxy) is 2. The standard InChI is InChI=1S/C16H19BrN2O3/c1-3-7-22-15-13(17)8-11(9-14(15)21-4-2)10-18-19-16(20)12-5-6-12/h3,8-10,12H,1,4-7H2,2H3,(H,19,20)/b18-10-. The predicted molar refractivity (Wildman–Crippen MR) is 89.5 cm³/mol. The van der Waals surface area contributed by atoms with Gasteiger partial charge in [-0.25, -0.2) is 5.43 Å². The monoisotopic (exact) mass is 366 g/mol. The molecule has 0 heterocycles. The average Bonchev–Trinajstić information content (AvgIpc) is 3.31. The van der Waals surface area contributed by atoms with Gasteiger partial charge in [-0.2, -0.15) is 5.10 Å². The second-order valence-electron chi connectivity index (χ2n) is 4.87. The van der Waals surface area contributed by atoms with E-state index in [1.807, 2.05) is 19.1 Å². The first-order valence-corrected chi connectivity index (χ1v) is 7.98. The van der Waals surface area contributed by atoms with Gasteiger partial charge in [-0.1, -0.05) is 12.7 Å². The highest BCUT2D eigenvalue weighted by Crippen LogP contribution is 2.36. The number of nitrogens with zero attached hydrogens (tertiary/aromatic N) is 1. The van der Waals surface area contributed by atoms with Crippen LogP contribution in [0, 0.1) is 5.92 Å². The van der Waals surface area contributed by atoms with Crippen LogP contribution in [0.4, 0.5) is 0 Å². The lowest BCUT2D eigenvalue weighted by atomic mass is 10.2.